The first-order chi connectivity index (χ1) is 10.0. The zero-order valence-electron chi connectivity index (χ0n) is 11.2. The maximum Gasteiger partial charge on any atom is 0.318 e. The first kappa shape index (κ1) is 13.4. The molecule has 1 atom stereocenters. The molecule has 0 radical (unpaired) electrons. The normalized spacial score (nSPS) is 21.5. The summed E-state index contributed by atoms with van der Waals surface area (Å²) in [5.41, 5.74) is -0.806. The summed E-state index contributed by atoms with van der Waals surface area (Å²) in [5.74, 6) is -2.35. The van der Waals surface area contributed by atoms with E-state index in [0.717, 1.165) is 16.3 Å². The SMILES string of the molecule is O=C(O)C1(Cc2ccc3ccccc3c2)CC=C(O)C1=O. The Kier molecular flexibility index (Phi) is 3.01. The molecular weight excluding hydrogens is 268 g/mol. The molecule has 4 heteroatoms. The van der Waals surface area contributed by atoms with Crippen molar-refractivity contribution in [2.24, 2.45) is 5.41 Å². The van der Waals surface area contributed by atoms with E-state index in [2.05, 4.69) is 0 Å². The van der Waals surface area contributed by atoms with E-state index in [1.165, 1.54) is 6.08 Å². The summed E-state index contributed by atoms with van der Waals surface area (Å²) in [6.07, 6.45) is 1.39. The number of fused-ring (bicyclic) bond motifs is 1. The second-order valence-electron chi connectivity index (χ2n) is 5.37. The van der Waals surface area contributed by atoms with E-state index in [9.17, 15) is 19.8 Å². The first-order valence-electron chi connectivity index (χ1n) is 6.68. The van der Waals surface area contributed by atoms with E-state index >= 15 is 0 Å². The van der Waals surface area contributed by atoms with Gasteiger partial charge in [0, 0.05) is 0 Å². The summed E-state index contributed by atoms with van der Waals surface area (Å²) in [6, 6.07) is 13.4. The minimum absolute atomic E-state index is 0.0276. The molecule has 0 bridgehead atoms. The minimum atomic E-state index is -1.58. The molecule has 0 amide bonds. The second kappa shape index (κ2) is 4.74. The summed E-state index contributed by atoms with van der Waals surface area (Å²) >= 11 is 0. The zero-order valence-corrected chi connectivity index (χ0v) is 11.2. The van der Waals surface area contributed by atoms with Gasteiger partial charge in [0.1, 0.15) is 5.41 Å². The van der Waals surface area contributed by atoms with Crippen LogP contribution in [0, 0.1) is 5.41 Å². The lowest BCUT2D eigenvalue weighted by atomic mass is 9.78. The number of allylic oxidation sites excluding steroid dienone is 2. The van der Waals surface area contributed by atoms with Gasteiger partial charge >= 0.3 is 5.97 Å². The van der Waals surface area contributed by atoms with Gasteiger partial charge in [0.15, 0.2) is 5.76 Å². The highest BCUT2D eigenvalue weighted by atomic mass is 16.4. The average molecular weight is 282 g/mol. The van der Waals surface area contributed by atoms with Crippen molar-refractivity contribution < 1.29 is 19.8 Å². The van der Waals surface area contributed by atoms with E-state index in [-0.39, 0.29) is 12.8 Å². The molecule has 0 fully saturated rings. The van der Waals surface area contributed by atoms with Crippen molar-refractivity contribution >= 4 is 22.5 Å². The van der Waals surface area contributed by atoms with Gasteiger partial charge in [0.05, 0.1) is 0 Å². The fourth-order valence-corrected chi connectivity index (χ4v) is 2.81. The van der Waals surface area contributed by atoms with Crippen molar-refractivity contribution in [3.63, 3.8) is 0 Å². The lowest BCUT2D eigenvalue weighted by Gasteiger charge is -2.22. The molecule has 1 unspecified atom stereocenters. The third-order valence-corrected chi connectivity index (χ3v) is 4.04. The number of aliphatic hydroxyl groups is 1. The number of carboxylic acid groups (broad SMARTS) is 1. The number of Topliss-reactive ketones (excluding diaryl/α,β-unsaturated/α-hetero) is 1. The number of aliphatic hydroxyl groups excluding tert-OH is 1. The fraction of sp³-hybridized carbons (Fsp3) is 0.176. The smallest absolute Gasteiger partial charge is 0.318 e. The number of benzene rings is 2. The Morgan fingerprint density at radius 3 is 2.48 bits per heavy atom. The Morgan fingerprint density at radius 2 is 1.86 bits per heavy atom. The Labute approximate surface area is 121 Å². The van der Waals surface area contributed by atoms with Gasteiger partial charge in [0.2, 0.25) is 5.78 Å². The van der Waals surface area contributed by atoms with Crippen LogP contribution in [0.4, 0.5) is 0 Å². The van der Waals surface area contributed by atoms with Crippen LogP contribution in [-0.4, -0.2) is 22.0 Å². The molecule has 0 aliphatic heterocycles. The van der Waals surface area contributed by atoms with E-state index in [4.69, 9.17) is 0 Å². The number of carbonyl (C=O) groups excluding carboxylic acids is 1. The largest absolute Gasteiger partial charge is 0.505 e. The Balaban J connectivity index is 1.99. The summed E-state index contributed by atoms with van der Waals surface area (Å²) in [5, 5.41) is 21.0. The number of carboxylic acids is 1. The molecule has 4 nitrogen and oxygen atoms in total. The zero-order chi connectivity index (χ0) is 15.0. The topological polar surface area (TPSA) is 74.6 Å². The van der Waals surface area contributed by atoms with Crippen LogP contribution in [0.3, 0.4) is 0 Å². The highest BCUT2D eigenvalue weighted by Crippen LogP contribution is 2.37. The molecule has 2 aromatic rings. The van der Waals surface area contributed by atoms with E-state index < -0.39 is 22.9 Å². The molecule has 2 aromatic carbocycles. The fourth-order valence-electron chi connectivity index (χ4n) is 2.81. The number of ketones is 1. The van der Waals surface area contributed by atoms with Gasteiger partial charge in [0.25, 0.3) is 0 Å². The molecule has 0 saturated heterocycles. The maximum atomic E-state index is 12.0. The summed E-state index contributed by atoms with van der Waals surface area (Å²) in [6.45, 7) is 0. The minimum Gasteiger partial charge on any atom is -0.505 e. The molecule has 2 N–H and O–H groups in total. The summed E-state index contributed by atoms with van der Waals surface area (Å²) < 4.78 is 0. The highest BCUT2D eigenvalue weighted by Gasteiger charge is 2.50. The Morgan fingerprint density at radius 1 is 1.14 bits per heavy atom. The summed E-state index contributed by atoms with van der Waals surface area (Å²) in [7, 11) is 0. The monoisotopic (exact) mass is 282 g/mol. The van der Waals surface area contributed by atoms with Crippen LogP contribution in [0.1, 0.15) is 12.0 Å². The van der Waals surface area contributed by atoms with Crippen molar-refractivity contribution in [1.29, 1.82) is 0 Å². The second-order valence-corrected chi connectivity index (χ2v) is 5.37. The molecule has 0 heterocycles. The quantitative estimate of drug-likeness (QED) is 0.849. The van der Waals surface area contributed by atoms with Crippen LogP contribution >= 0.6 is 0 Å². The Hall–Kier alpha value is -2.62. The summed E-state index contributed by atoms with van der Waals surface area (Å²) in [4.78, 5) is 23.6. The van der Waals surface area contributed by atoms with Crippen LogP contribution in [0.2, 0.25) is 0 Å². The number of carbonyl (C=O) groups is 2. The van der Waals surface area contributed by atoms with Gasteiger partial charge in [-0.3, -0.25) is 9.59 Å². The van der Waals surface area contributed by atoms with Gasteiger partial charge in [-0.05, 0) is 35.3 Å². The Bertz CT molecular complexity index is 775. The lowest BCUT2D eigenvalue weighted by molar-refractivity contribution is -0.153. The standard InChI is InChI=1S/C17H14O4/c18-14-7-8-17(15(14)19,16(20)21)10-11-5-6-12-3-1-2-4-13(12)9-11/h1-7,9,18H,8,10H2,(H,20,21). The predicted molar refractivity (Wildman–Crippen MR) is 78.1 cm³/mol. The predicted octanol–water partition coefficient (Wildman–Crippen LogP) is 2.87. The van der Waals surface area contributed by atoms with Crippen molar-refractivity contribution in [2.75, 3.05) is 0 Å². The van der Waals surface area contributed by atoms with E-state index in [1.54, 1.807) is 0 Å². The van der Waals surface area contributed by atoms with Gasteiger partial charge in [-0.25, -0.2) is 0 Å². The van der Waals surface area contributed by atoms with E-state index in [1.807, 2.05) is 42.5 Å². The average Bonchev–Trinajstić information content (AvgIpc) is 2.77. The van der Waals surface area contributed by atoms with Crippen LogP contribution in [0.25, 0.3) is 10.8 Å². The molecule has 0 aromatic heterocycles. The van der Waals surface area contributed by atoms with Crippen LogP contribution < -0.4 is 0 Å². The lowest BCUT2D eigenvalue weighted by Crippen LogP contribution is -2.38. The molecule has 1 aliphatic rings. The number of rotatable bonds is 3. The van der Waals surface area contributed by atoms with Crippen molar-refractivity contribution in [3.05, 3.63) is 59.9 Å². The van der Waals surface area contributed by atoms with Crippen molar-refractivity contribution in [1.82, 2.24) is 0 Å². The third kappa shape index (κ3) is 2.09. The van der Waals surface area contributed by atoms with Gasteiger partial charge < -0.3 is 10.2 Å². The van der Waals surface area contributed by atoms with E-state index in [0.29, 0.717) is 0 Å². The molecule has 3 rings (SSSR count). The van der Waals surface area contributed by atoms with Crippen molar-refractivity contribution in [3.8, 4) is 0 Å². The van der Waals surface area contributed by atoms with Gasteiger partial charge in [-0.1, -0.05) is 42.5 Å². The van der Waals surface area contributed by atoms with Gasteiger partial charge in [-0.2, -0.15) is 0 Å². The maximum absolute atomic E-state index is 12.0. The number of aliphatic carboxylic acids is 1. The molecule has 21 heavy (non-hydrogen) atoms. The van der Waals surface area contributed by atoms with Crippen LogP contribution in [-0.2, 0) is 16.0 Å². The third-order valence-electron chi connectivity index (χ3n) is 4.04. The highest BCUT2D eigenvalue weighted by molar-refractivity contribution is 6.12. The first-order valence-corrected chi connectivity index (χ1v) is 6.68. The van der Waals surface area contributed by atoms with Crippen LogP contribution in [0.15, 0.2) is 54.3 Å². The molecule has 0 saturated carbocycles. The van der Waals surface area contributed by atoms with Crippen LogP contribution in [0.5, 0.6) is 0 Å². The molecule has 0 spiro atoms. The number of hydrogen-bond donors (Lipinski definition) is 2. The number of hydrogen-bond acceptors (Lipinski definition) is 3. The molecular formula is C17H14O4. The van der Waals surface area contributed by atoms with Crippen molar-refractivity contribution in [2.45, 2.75) is 12.8 Å². The molecule has 1 aliphatic carbocycles. The van der Waals surface area contributed by atoms with Gasteiger partial charge in [-0.15, -0.1) is 0 Å². The molecule has 106 valence electrons.